The number of nitrogens with two attached hydrogens (primary N) is 1. The van der Waals surface area contributed by atoms with E-state index in [0.29, 0.717) is 18.4 Å². The van der Waals surface area contributed by atoms with E-state index in [1.807, 2.05) is 35.2 Å². The molecule has 1 aliphatic heterocycles. The zero-order chi connectivity index (χ0) is 14.8. The van der Waals surface area contributed by atoms with Gasteiger partial charge in [-0.05, 0) is 37.1 Å². The Hall–Kier alpha value is -2.37. The van der Waals surface area contributed by atoms with Crippen LogP contribution in [-0.2, 0) is 4.79 Å². The Labute approximate surface area is 122 Å². The van der Waals surface area contributed by atoms with Gasteiger partial charge in [0, 0.05) is 18.2 Å². The standard InChI is InChI=1S/C15H18N4O2/c1-10-7-8-12(13(16)20)9-19(10)15-17-14(21-18-15)11-5-3-2-4-6-11/h2-6,10,12H,7-9H2,1H3,(H2,16,20). The fourth-order valence-electron chi connectivity index (χ4n) is 2.65. The molecule has 0 radical (unpaired) electrons. The van der Waals surface area contributed by atoms with Crippen molar-refractivity contribution in [3.63, 3.8) is 0 Å². The summed E-state index contributed by atoms with van der Waals surface area (Å²) < 4.78 is 5.33. The van der Waals surface area contributed by atoms with Crippen LogP contribution in [0.2, 0.25) is 0 Å². The minimum Gasteiger partial charge on any atom is -0.369 e. The molecule has 2 atom stereocenters. The molecular weight excluding hydrogens is 268 g/mol. The third-order valence-electron chi connectivity index (χ3n) is 3.98. The van der Waals surface area contributed by atoms with Gasteiger partial charge in [0.25, 0.3) is 11.8 Å². The Morgan fingerprint density at radius 2 is 2.10 bits per heavy atom. The van der Waals surface area contributed by atoms with Crippen molar-refractivity contribution >= 4 is 11.9 Å². The van der Waals surface area contributed by atoms with Gasteiger partial charge in [0.15, 0.2) is 0 Å². The molecule has 1 saturated heterocycles. The first-order valence-electron chi connectivity index (χ1n) is 7.10. The van der Waals surface area contributed by atoms with E-state index in [0.717, 1.165) is 18.4 Å². The molecule has 6 nitrogen and oxygen atoms in total. The molecule has 1 aromatic carbocycles. The van der Waals surface area contributed by atoms with E-state index in [-0.39, 0.29) is 17.9 Å². The molecule has 3 rings (SSSR count). The molecule has 110 valence electrons. The SMILES string of the molecule is CC1CCC(C(N)=O)CN1c1noc(-c2ccccc2)n1. The van der Waals surface area contributed by atoms with E-state index in [1.165, 1.54) is 0 Å². The van der Waals surface area contributed by atoms with Gasteiger partial charge in [-0.2, -0.15) is 4.98 Å². The van der Waals surface area contributed by atoms with Gasteiger partial charge >= 0.3 is 0 Å². The highest BCUT2D eigenvalue weighted by molar-refractivity contribution is 5.77. The molecule has 1 amide bonds. The van der Waals surface area contributed by atoms with Crippen LogP contribution in [0.4, 0.5) is 5.95 Å². The number of nitrogens with zero attached hydrogens (tertiary/aromatic N) is 3. The summed E-state index contributed by atoms with van der Waals surface area (Å²) in [5.41, 5.74) is 6.30. The van der Waals surface area contributed by atoms with Crippen molar-refractivity contribution in [1.29, 1.82) is 0 Å². The maximum Gasteiger partial charge on any atom is 0.266 e. The van der Waals surface area contributed by atoms with Crippen molar-refractivity contribution in [2.75, 3.05) is 11.4 Å². The van der Waals surface area contributed by atoms with Gasteiger partial charge in [-0.15, -0.1) is 0 Å². The van der Waals surface area contributed by atoms with Crippen LogP contribution in [-0.4, -0.2) is 28.6 Å². The predicted octanol–water partition coefficient (Wildman–Crippen LogP) is 1.83. The summed E-state index contributed by atoms with van der Waals surface area (Å²) in [6.45, 7) is 2.64. The maximum absolute atomic E-state index is 11.4. The molecule has 0 spiro atoms. The summed E-state index contributed by atoms with van der Waals surface area (Å²) in [4.78, 5) is 17.8. The van der Waals surface area contributed by atoms with Crippen molar-refractivity contribution in [1.82, 2.24) is 10.1 Å². The molecule has 1 aliphatic rings. The third-order valence-corrected chi connectivity index (χ3v) is 3.98. The number of primary amides is 1. The van der Waals surface area contributed by atoms with Crippen LogP contribution in [0.15, 0.2) is 34.9 Å². The first kappa shape index (κ1) is 13.6. The second kappa shape index (κ2) is 5.55. The zero-order valence-electron chi connectivity index (χ0n) is 11.9. The van der Waals surface area contributed by atoms with Crippen LogP contribution in [0.5, 0.6) is 0 Å². The van der Waals surface area contributed by atoms with Crippen LogP contribution in [0.1, 0.15) is 19.8 Å². The van der Waals surface area contributed by atoms with Gasteiger partial charge in [0.2, 0.25) is 5.91 Å². The van der Waals surface area contributed by atoms with E-state index in [2.05, 4.69) is 17.1 Å². The summed E-state index contributed by atoms with van der Waals surface area (Å²) >= 11 is 0. The van der Waals surface area contributed by atoms with Gasteiger partial charge in [-0.25, -0.2) is 0 Å². The smallest absolute Gasteiger partial charge is 0.266 e. The van der Waals surface area contributed by atoms with Crippen molar-refractivity contribution < 1.29 is 9.32 Å². The highest BCUT2D eigenvalue weighted by Crippen LogP contribution is 2.27. The van der Waals surface area contributed by atoms with Gasteiger partial charge in [0.05, 0.1) is 5.92 Å². The van der Waals surface area contributed by atoms with Crippen molar-refractivity contribution in [3.8, 4) is 11.5 Å². The number of carbonyl (C=O) groups is 1. The van der Waals surface area contributed by atoms with E-state index < -0.39 is 0 Å². The Bertz CT molecular complexity index is 626. The molecule has 21 heavy (non-hydrogen) atoms. The molecule has 1 aromatic heterocycles. The summed E-state index contributed by atoms with van der Waals surface area (Å²) in [7, 11) is 0. The quantitative estimate of drug-likeness (QED) is 0.930. The fraction of sp³-hybridized carbons (Fsp3) is 0.400. The van der Waals surface area contributed by atoms with E-state index in [4.69, 9.17) is 10.3 Å². The lowest BCUT2D eigenvalue weighted by Crippen LogP contribution is -2.46. The van der Waals surface area contributed by atoms with Crippen LogP contribution in [0, 0.1) is 5.92 Å². The number of benzene rings is 1. The van der Waals surface area contributed by atoms with E-state index >= 15 is 0 Å². The van der Waals surface area contributed by atoms with Crippen LogP contribution >= 0.6 is 0 Å². The lowest BCUT2D eigenvalue weighted by molar-refractivity contribution is -0.122. The van der Waals surface area contributed by atoms with E-state index in [9.17, 15) is 4.79 Å². The van der Waals surface area contributed by atoms with Crippen LogP contribution in [0.3, 0.4) is 0 Å². The molecule has 2 aromatic rings. The summed E-state index contributed by atoms with van der Waals surface area (Å²) in [6, 6.07) is 9.89. The fourth-order valence-corrected chi connectivity index (χ4v) is 2.65. The highest BCUT2D eigenvalue weighted by Gasteiger charge is 2.31. The lowest BCUT2D eigenvalue weighted by atomic mass is 9.93. The first-order chi connectivity index (χ1) is 10.1. The number of hydrogen-bond donors (Lipinski definition) is 1. The molecule has 6 heteroatoms. The van der Waals surface area contributed by atoms with E-state index in [1.54, 1.807) is 0 Å². The lowest BCUT2D eigenvalue weighted by Gasteiger charge is -2.35. The Kier molecular flexibility index (Phi) is 3.60. The number of aromatic nitrogens is 2. The summed E-state index contributed by atoms with van der Waals surface area (Å²) in [6.07, 6.45) is 1.71. The summed E-state index contributed by atoms with van der Waals surface area (Å²) in [5, 5.41) is 4.05. The zero-order valence-corrected chi connectivity index (χ0v) is 11.9. The Morgan fingerprint density at radius 1 is 1.33 bits per heavy atom. The topological polar surface area (TPSA) is 85.3 Å². The van der Waals surface area contributed by atoms with Crippen LogP contribution < -0.4 is 10.6 Å². The third kappa shape index (κ3) is 2.74. The molecule has 0 bridgehead atoms. The molecular formula is C15H18N4O2. The van der Waals surface area contributed by atoms with Crippen molar-refractivity contribution in [3.05, 3.63) is 30.3 Å². The number of carbonyl (C=O) groups excluding carboxylic acids is 1. The molecule has 2 unspecified atom stereocenters. The number of hydrogen-bond acceptors (Lipinski definition) is 5. The summed E-state index contributed by atoms with van der Waals surface area (Å²) in [5.74, 6) is 0.588. The number of anilines is 1. The number of amides is 1. The highest BCUT2D eigenvalue weighted by atomic mass is 16.5. The molecule has 2 N–H and O–H groups in total. The average molecular weight is 286 g/mol. The van der Waals surface area contributed by atoms with Crippen molar-refractivity contribution in [2.24, 2.45) is 11.7 Å². The Balaban J connectivity index is 1.83. The number of rotatable bonds is 3. The molecule has 0 aliphatic carbocycles. The average Bonchev–Trinajstić information content (AvgIpc) is 2.98. The van der Waals surface area contributed by atoms with Gasteiger partial charge < -0.3 is 15.2 Å². The second-order valence-electron chi connectivity index (χ2n) is 5.44. The minimum absolute atomic E-state index is 0.153. The maximum atomic E-state index is 11.4. The molecule has 2 heterocycles. The predicted molar refractivity (Wildman–Crippen MR) is 78.5 cm³/mol. The van der Waals surface area contributed by atoms with Gasteiger partial charge in [0.1, 0.15) is 0 Å². The Morgan fingerprint density at radius 3 is 2.81 bits per heavy atom. The molecule has 1 fully saturated rings. The van der Waals surface area contributed by atoms with Crippen molar-refractivity contribution in [2.45, 2.75) is 25.8 Å². The normalized spacial score (nSPS) is 22.2. The second-order valence-corrected chi connectivity index (χ2v) is 5.44. The van der Waals surface area contributed by atoms with Gasteiger partial charge in [-0.1, -0.05) is 18.2 Å². The van der Waals surface area contributed by atoms with Gasteiger partial charge in [-0.3, -0.25) is 4.79 Å². The first-order valence-corrected chi connectivity index (χ1v) is 7.10. The molecule has 0 saturated carbocycles. The monoisotopic (exact) mass is 286 g/mol. The minimum atomic E-state index is -0.265. The number of piperidine rings is 1. The van der Waals surface area contributed by atoms with Crippen LogP contribution in [0.25, 0.3) is 11.5 Å². The largest absolute Gasteiger partial charge is 0.369 e.